The molecule has 29 heavy (non-hydrogen) atoms. The largest absolute Gasteiger partial charge is 0.393 e. The molecule has 1 aliphatic heterocycles. The lowest BCUT2D eigenvalue weighted by atomic mass is 10.0. The van der Waals surface area contributed by atoms with E-state index in [4.69, 9.17) is 5.73 Å². The molecule has 2 N–H and O–H groups in total. The van der Waals surface area contributed by atoms with E-state index < -0.39 is 0 Å². The van der Waals surface area contributed by atoms with Crippen molar-refractivity contribution < 1.29 is 0 Å². The van der Waals surface area contributed by atoms with Crippen LogP contribution < -0.4 is 15.5 Å². The van der Waals surface area contributed by atoms with Gasteiger partial charge in [-0.3, -0.25) is 0 Å². The van der Waals surface area contributed by atoms with E-state index in [0.29, 0.717) is 11.7 Å². The first-order valence-electron chi connectivity index (χ1n) is 10.4. The quantitative estimate of drug-likeness (QED) is 0.713. The van der Waals surface area contributed by atoms with E-state index in [1.807, 2.05) is 0 Å². The van der Waals surface area contributed by atoms with Crippen molar-refractivity contribution in [2.45, 2.75) is 25.8 Å². The molecule has 3 aromatic rings. The molecule has 1 aromatic heterocycles. The number of likely N-dealkylation sites (tertiary alicyclic amines) is 1. The van der Waals surface area contributed by atoms with Crippen molar-refractivity contribution in [1.29, 1.82) is 0 Å². The molecule has 2 heterocycles. The maximum atomic E-state index is 6.66. The van der Waals surface area contributed by atoms with Crippen LogP contribution in [0, 0.1) is 0 Å². The van der Waals surface area contributed by atoms with Crippen molar-refractivity contribution in [2.75, 3.05) is 49.3 Å². The third-order valence-electron chi connectivity index (χ3n) is 6.04. The Bertz CT molecular complexity index is 975. The molecule has 0 atom stereocenters. The van der Waals surface area contributed by atoms with Crippen LogP contribution >= 0.6 is 0 Å². The van der Waals surface area contributed by atoms with Gasteiger partial charge in [-0.25, -0.2) is 9.97 Å². The van der Waals surface area contributed by atoms with Gasteiger partial charge in [-0.2, -0.15) is 0 Å². The van der Waals surface area contributed by atoms with Crippen LogP contribution in [0.1, 0.15) is 19.8 Å². The van der Waals surface area contributed by atoms with Gasteiger partial charge in [0.2, 0.25) is 0 Å². The Kier molecular flexibility index (Phi) is 5.53. The molecule has 1 aliphatic rings. The van der Waals surface area contributed by atoms with Crippen LogP contribution in [0.25, 0.3) is 10.8 Å². The number of nitrogen functional groups attached to an aromatic ring is 1. The molecule has 6 nitrogen and oxygen atoms in total. The minimum atomic E-state index is 0.448. The summed E-state index contributed by atoms with van der Waals surface area (Å²) in [6.07, 6.45) is 3.87. The number of anilines is 4. The van der Waals surface area contributed by atoms with Gasteiger partial charge in [0.05, 0.1) is 5.69 Å². The number of fused-ring (bicyclic) bond motifs is 1. The molecule has 152 valence electrons. The van der Waals surface area contributed by atoms with Crippen LogP contribution in [0.15, 0.2) is 48.8 Å². The highest BCUT2D eigenvalue weighted by Crippen LogP contribution is 2.37. The topological polar surface area (TPSA) is 61.5 Å². The van der Waals surface area contributed by atoms with E-state index in [1.165, 1.54) is 10.8 Å². The summed E-state index contributed by atoms with van der Waals surface area (Å²) in [5.41, 5.74) is 8.41. The number of aromatic nitrogens is 2. The number of nitrogens with zero attached hydrogens (tertiary/aromatic N) is 5. The van der Waals surface area contributed by atoms with Gasteiger partial charge in [-0.15, -0.1) is 0 Å². The lowest BCUT2D eigenvalue weighted by Crippen LogP contribution is -2.42. The smallest absolute Gasteiger partial charge is 0.161 e. The highest BCUT2D eigenvalue weighted by atomic mass is 15.3. The summed E-state index contributed by atoms with van der Waals surface area (Å²) in [5, 5.41) is 2.40. The van der Waals surface area contributed by atoms with Crippen molar-refractivity contribution in [3.05, 3.63) is 48.8 Å². The molecule has 0 bridgehead atoms. The zero-order chi connectivity index (χ0) is 20.4. The standard InChI is InChI=1S/C23H30N6/c1-4-29(20-11-7-9-17-8-5-6-10-19(17)20)23-21(24)22(25-16-26-23)28(3)18-12-14-27(2)15-13-18/h5-11,16,18H,4,12-15,24H2,1-3H3. The van der Waals surface area contributed by atoms with E-state index in [-0.39, 0.29) is 0 Å². The molecule has 1 fully saturated rings. The lowest BCUT2D eigenvalue weighted by Gasteiger charge is -2.36. The minimum Gasteiger partial charge on any atom is -0.393 e. The number of benzene rings is 2. The van der Waals surface area contributed by atoms with Crippen molar-refractivity contribution in [2.24, 2.45) is 0 Å². The van der Waals surface area contributed by atoms with Crippen molar-refractivity contribution in [3.63, 3.8) is 0 Å². The maximum Gasteiger partial charge on any atom is 0.161 e. The van der Waals surface area contributed by atoms with Gasteiger partial charge in [0.25, 0.3) is 0 Å². The van der Waals surface area contributed by atoms with E-state index in [0.717, 1.165) is 49.8 Å². The normalized spacial score (nSPS) is 15.6. The average Bonchev–Trinajstić information content (AvgIpc) is 2.75. The summed E-state index contributed by atoms with van der Waals surface area (Å²) < 4.78 is 0. The predicted molar refractivity (Wildman–Crippen MR) is 122 cm³/mol. The molecule has 0 saturated carbocycles. The van der Waals surface area contributed by atoms with Crippen molar-refractivity contribution in [1.82, 2.24) is 14.9 Å². The van der Waals surface area contributed by atoms with Crippen LogP contribution in [0.3, 0.4) is 0 Å². The summed E-state index contributed by atoms with van der Waals surface area (Å²) in [6, 6.07) is 15.2. The summed E-state index contributed by atoms with van der Waals surface area (Å²) in [4.78, 5) is 15.9. The molecule has 0 radical (unpaired) electrons. The molecule has 0 aliphatic carbocycles. The zero-order valence-corrected chi connectivity index (χ0v) is 17.5. The summed E-state index contributed by atoms with van der Waals surface area (Å²) in [5.74, 6) is 1.59. The van der Waals surface area contributed by atoms with E-state index in [1.54, 1.807) is 6.33 Å². The number of rotatable bonds is 5. The van der Waals surface area contributed by atoms with Crippen LogP contribution in [0.4, 0.5) is 23.0 Å². The fourth-order valence-electron chi connectivity index (χ4n) is 4.31. The minimum absolute atomic E-state index is 0.448. The SMILES string of the molecule is CCN(c1ncnc(N(C)C2CCN(C)CC2)c1N)c1cccc2ccccc12. The Balaban J connectivity index is 1.71. The number of hydrogen-bond acceptors (Lipinski definition) is 6. The zero-order valence-electron chi connectivity index (χ0n) is 17.5. The van der Waals surface area contributed by atoms with Gasteiger partial charge < -0.3 is 20.4 Å². The van der Waals surface area contributed by atoms with Gasteiger partial charge in [0.1, 0.15) is 12.0 Å². The number of nitrogens with two attached hydrogens (primary N) is 1. The second-order valence-corrected chi connectivity index (χ2v) is 7.82. The second kappa shape index (κ2) is 8.25. The summed E-state index contributed by atoms with van der Waals surface area (Å²) >= 11 is 0. The molecule has 0 amide bonds. The number of hydrogen-bond donors (Lipinski definition) is 1. The predicted octanol–water partition coefficient (Wildman–Crippen LogP) is 3.90. The fraction of sp³-hybridized carbons (Fsp3) is 0.391. The molecule has 6 heteroatoms. The van der Waals surface area contributed by atoms with E-state index in [2.05, 4.69) is 88.2 Å². The molecular weight excluding hydrogens is 360 g/mol. The number of piperidine rings is 1. The van der Waals surface area contributed by atoms with Crippen LogP contribution in [0.2, 0.25) is 0 Å². The maximum absolute atomic E-state index is 6.66. The Hall–Kier alpha value is -2.86. The van der Waals surface area contributed by atoms with Gasteiger partial charge in [-0.05, 0) is 51.4 Å². The van der Waals surface area contributed by atoms with Crippen molar-refractivity contribution >= 4 is 33.8 Å². The monoisotopic (exact) mass is 390 g/mol. The highest BCUT2D eigenvalue weighted by molar-refractivity contribution is 5.97. The third-order valence-corrected chi connectivity index (χ3v) is 6.04. The first kappa shape index (κ1) is 19.5. The average molecular weight is 391 g/mol. The van der Waals surface area contributed by atoms with Gasteiger partial charge in [0.15, 0.2) is 11.6 Å². The Morgan fingerprint density at radius 1 is 1.03 bits per heavy atom. The van der Waals surface area contributed by atoms with Crippen LogP contribution in [0.5, 0.6) is 0 Å². The molecule has 2 aromatic carbocycles. The molecule has 1 saturated heterocycles. The fourth-order valence-corrected chi connectivity index (χ4v) is 4.31. The van der Waals surface area contributed by atoms with Gasteiger partial charge in [0, 0.05) is 25.0 Å². The van der Waals surface area contributed by atoms with Crippen LogP contribution in [-0.4, -0.2) is 54.6 Å². The molecular formula is C23H30N6. The second-order valence-electron chi connectivity index (χ2n) is 7.82. The molecule has 0 spiro atoms. The molecule has 0 unspecified atom stereocenters. The first-order valence-corrected chi connectivity index (χ1v) is 10.4. The van der Waals surface area contributed by atoms with Gasteiger partial charge >= 0.3 is 0 Å². The Labute approximate surface area is 173 Å². The Morgan fingerprint density at radius 3 is 2.48 bits per heavy atom. The lowest BCUT2D eigenvalue weighted by molar-refractivity contribution is 0.252. The van der Waals surface area contributed by atoms with Crippen molar-refractivity contribution in [3.8, 4) is 0 Å². The summed E-state index contributed by atoms with van der Waals surface area (Å²) in [7, 11) is 4.28. The Morgan fingerprint density at radius 2 is 1.72 bits per heavy atom. The van der Waals surface area contributed by atoms with Crippen LogP contribution in [-0.2, 0) is 0 Å². The third kappa shape index (κ3) is 3.72. The van der Waals surface area contributed by atoms with E-state index in [9.17, 15) is 0 Å². The highest BCUT2D eigenvalue weighted by Gasteiger charge is 2.25. The summed E-state index contributed by atoms with van der Waals surface area (Å²) in [6.45, 7) is 5.10. The molecule has 4 rings (SSSR count). The van der Waals surface area contributed by atoms with E-state index >= 15 is 0 Å². The van der Waals surface area contributed by atoms with Gasteiger partial charge in [-0.1, -0.05) is 36.4 Å². The first-order chi connectivity index (χ1) is 14.1.